The second kappa shape index (κ2) is 12.7. The van der Waals surface area contributed by atoms with Crippen molar-refractivity contribution in [3.8, 4) is 23.1 Å². The van der Waals surface area contributed by atoms with Crippen LogP contribution in [0.3, 0.4) is 0 Å². The molecule has 214 valence electrons. The van der Waals surface area contributed by atoms with E-state index in [0.29, 0.717) is 17.0 Å². The summed E-state index contributed by atoms with van der Waals surface area (Å²) in [4.78, 5) is 56.7. The van der Waals surface area contributed by atoms with Crippen molar-refractivity contribution in [1.29, 1.82) is 5.26 Å². The first-order chi connectivity index (χ1) is 20.8. The van der Waals surface area contributed by atoms with E-state index in [1.54, 1.807) is 48.5 Å². The highest BCUT2D eigenvalue weighted by Gasteiger charge is 2.41. The highest BCUT2D eigenvalue weighted by atomic mass is 32.2. The van der Waals surface area contributed by atoms with Crippen LogP contribution in [0.25, 0.3) is 11.3 Å². The van der Waals surface area contributed by atoms with Crippen LogP contribution in [0.2, 0.25) is 0 Å². The van der Waals surface area contributed by atoms with Crippen LogP contribution in [-0.4, -0.2) is 47.5 Å². The minimum absolute atomic E-state index is 0.119. The summed E-state index contributed by atoms with van der Waals surface area (Å²) in [6, 6.07) is 23.2. The zero-order chi connectivity index (χ0) is 30.5. The number of Topliss-reactive ketones (excluding diaryl/α,β-unsaturated/α-hetero) is 1. The molecule has 0 aliphatic carbocycles. The van der Waals surface area contributed by atoms with Crippen molar-refractivity contribution in [1.82, 2.24) is 4.98 Å². The van der Waals surface area contributed by atoms with Gasteiger partial charge in [-0.1, -0.05) is 23.9 Å². The molecule has 11 heteroatoms. The van der Waals surface area contributed by atoms with Gasteiger partial charge in [-0.2, -0.15) is 5.26 Å². The fraction of sp³-hybridized carbons (Fsp3) is 0.125. The summed E-state index contributed by atoms with van der Waals surface area (Å²) in [5.74, 6) is -2.16. The van der Waals surface area contributed by atoms with Gasteiger partial charge < -0.3 is 9.47 Å². The first-order valence-electron chi connectivity index (χ1n) is 12.9. The third-order valence-electron chi connectivity index (χ3n) is 6.58. The van der Waals surface area contributed by atoms with E-state index in [0.717, 1.165) is 16.7 Å². The molecule has 1 aliphatic rings. The number of halogens is 1. The smallest absolute Gasteiger partial charge is 0.338 e. The SMILES string of the molecule is COc1ccccc1C(=O)COC(=O)c1ccc(N2C(=O)CC(Sc3nc(-c4ccc(F)cc4)ccc3C#N)C2=O)cc1. The van der Waals surface area contributed by atoms with Gasteiger partial charge in [-0.25, -0.2) is 19.1 Å². The Hall–Kier alpha value is -5.34. The molecular weight excluding hydrogens is 573 g/mol. The Morgan fingerprint density at radius 1 is 1.02 bits per heavy atom. The predicted molar refractivity (Wildman–Crippen MR) is 155 cm³/mol. The maximum atomic E-state index is 13.4. The molecule has 1 fully saturated rings. The molecule has 0 radical (unpaired) electrons. The molecule has 1 atom stereocenters. The Morgan fingerprint density at radius 3 is 2.44 bits per heavy atom. The van der Waals surface area contributed by atoms with Gasteiger partial charge in [-0.15, -0.1) is 0 Å². The van der Waals surface area contributed by atoms with Crippen LogP contribution in [-0.2, 0) is 14.3 Å². The number of pyridine rings is 1. The van der Waals surface area contributed by atoms with Crippen molar-refractivity contribution in [2.45, 2.75) is 16.7 Å². The number of imide groups is 1. The number of ketones is 1. The van der Waals surface area contributed by atoms with E-state index in [1.165, 1.54) is 43.5 Å². The molecule has 0 N–H and O–H groups in total. The number of amides is 2. The van der Waals surface area contributed by atoms with Crippen LogP contribution in [0.5, 0.6) is 5.75 Å². The summed E-state index contributed by atoms with van der Waals surface area (Å²) in [5.41, 5.74) is 2.02. The normalized spacial score (nSPS) is 14.3. The van der Waals surface area contributed by atoms with Gasteiger partial charge in [-0.3, -0.25) is 14.4 Å². The number of para-hydroxylation sites is 1. The van der Waals surface area contributed by atoms with Crippen LogP contribution in [0.1, 0.15) is 32.7 Å². The zero-order valence-electron chi connectivity index (χ0n) is 22.7. The van der Waals surface area contributed by atoms with Gasteiger partial charge >= 0.3 is 5.97 Å². The Labute approximate surface area is 249 Å². The predicted octanol–water partition coefficient (Wildman–Crippen LogP) is 5.23. The fourth-order valence-electron chi connectivity index (χ4n) is 4.41. The Morgan fingerprint density at radius 2 is 1.74 bits per heavy atom. The monoisotopic (exact) mass is 595 g/mol. The molecule has 1 aromatic heterocycles. The summed E-state index contributed by atoms with van der Waals surface area (Å²) in [6.07, 6.45) is -0.119. The van der Waals surface area contributed by atoms with E-state index in [4.69, 9.17) is 9.47 Å². The number of nitrogens with zero attached hydrogens (tertiary/aromatic N) is 3. The lowest BCUT2D eigenvalue weighted by Crippen LogP contribution is -2.31. The maximum Gasteiger partial charge on any atom is 0.338 e. The lowest BCUT2D eigenvalue weighted by Gasteiger charge is -2.15. The largest absolute Gasteiger partial charge is 0.496 e. The van der Waals surface area contributed by atoms with Gasteiger partial charge in [-0.05, 0) is 72.8 Å². The minimum Gasteiger partial charge on any atom is -0.496 e. The van der Waals surface area contributed by atoms with E-state index < -0.39 is 41.2 Å². The molecule has 1 aliphatic heterocycles. The summed E-state index contributed by atoms with van der Waals surface area (Å²) in [5, 5.41) is 9.03. The van der Waals surface area contributed by atoms with Gasteiger partial charge in [0, 0.05) is 12.0 Å². The number of carbonyl (C=O) groups excluding carboxylic acids is 4. The lowest BCUT2D eigenvalue weighted by atomic mass is 10.1. The van der Waals surface area contributed by atoms with Crippen LogP contribution < -0.4 is 9.64 Å². The molecule has 43 heavy (non-hydrogen) atoms. The number of aromatic nitrogens is 1. The molecular formula is C32H22FN3O6S. The number of ether oxygens (including phenoxy) is 2. The number of anilines is 1. The topological polar surface area (TPSA) is 127 Å². The second-order valence-corrected chi connectivity index (χ2v) is 10.5. The van der Waals surface area contributed by atoms with E-state index in [9.17, 15) is 28.8 Å². The molecule has 9 nitrogen and oxygen atoms in total. The van der Waals surface area contributed by atoms with Gasteiger partial charge in [0.1, 0.15) is 22.7 Å². The standard InChI is InChI=1S/C32H22FN3O6S/c1-41-27-5-3-2-4-24(27)26(37)18-42-32(40)20-8-13-23(14-9-20)36-29(38)16-28(31(36)39)43-30-21(17-34)10-15-25(35-30)19-6-11-22(33)12-7-19/h2-15,28H,16,18H2,1H3. The summed E-state index contributed by atoms with van der Waals surface area (Å²) < 4.78 is 23.7. The molecule has 2 heterocycles. The number of nitriles is 1. The first-order valence-corrected chi connectivity index (χ1v) is 13.8. The number of hydrogen-bond donors (Lipinski definition) is 0. The molecule has 4 aromatic rings. The van der Waals surface area contributed by atoms with Gasteiger partial charge in [0.25, 0.3) is 0 Å². The van der Waals surface area contributed by atoms with Gasteiger partial charge in [0.05, 0.1) is 40.4 Å². The van der Waals surface area contributed by atoms with E-state index >= 15 is 0 Å². The number of esters is 1. The third-order valence-corrected chi connectivity index (χ3v) is 7.77. The molecule has 2 amide bonds. The number of thioether (sulfide) groups is 1. The first kappa shape index (κ1) is 29.2. The van der Waals surface area contributed by atoms with Crippen LogP contribution >= 0.6 is 11.8 Å². The molecule has 0 spiro atoms. The van der Waals surface area contributed by atoms with Gasteiger partial charge in [0.2, 0.25) is 17.6 Å². The third kappa shape index (κ3) is 6.29. The second-order valence-electron chi connectivity index (χ2n) is 9.29. The summed E-state index contributed by atoms with van der Waals surface area (Å²) in [7, 11) is 1.43. The number of methoxy groups -OCH3 is 1. The van der Waals surface area contributed by atoms with Crippen molar-refractivity contribution in [3.63, 3.8) is 0 Å². The molecule has 0 bridgehead atoms. The summed E-state index contributed by atoms with van der Waals surface area (Å²) >= 11 is 1.01. The highest BCUT2D eigenvalue weighted by Crippen LogP contribution is 2.35. The van der Waals surface area contributed by atoms with Crippen LogP contribution in [0.4, 0.5) is 10.1 Å². The molecule has 1 saturated heterocycles. The number of hydrogen-bond acceptors (Lipinski definition) is 9. The molecule has 1 unspecified atom stereocenters. The molecule has 3 aromatic carbocycles. The Kier molecular flexibility index (Phi) is 8.59. The lowest BCUT2D eigenvalue weighted by molar-refractivity contribution is -0.121. The highest BCUT2D eigenvalue weighted by molar-refractivity contribution is 8.00. The minimum atomic E-state index is -0.832. The quantitative estimate of drug-likeness (QED) is 0.145. The Balaban J connectivity index is 1.26. The fourth-order valence-corrected chi connectivity index (χ4v) is 5.51. The average Bonchev–Trinajstić information content (AvgIpc) is 3.31. The van der Waals surface area contributed by atoms with E-state index in [2.05, 4.69) is 11.1 Å². The Bertz CT molecular complexity index is 1770. The summed E-state index contributed by atoms with van der Waals surface area (Å²) in [6.45, 7) is -0.496. The average molecular weight is 596 g/mol. The maximum absolute atomic E-state index is 13.4. The number of carbonyl (C=O) groups is 4. The van der Waals surface area contributed by atoms with Crippen LogP contribution in [0, 0.1) is 17.1 Å². The van der Waals surface area contributed by atoms with E-state index in [-0.39, 0.29) is 33.8 Å². The van der Waals surface area contributed by atoms with Crippen LogP contribution in [0.15, 0.2) is 90.0 Å². The van der Waals surface area contributed by atoms with Crippen molar-refractivity contribution in [2.24, 2.45) is 0 Å². The number of benzene rings is 3. The van der Waals surface area contributed by atoms with Crippen molar-refractivity contribution in [2.75, 3.05) is 18.6 Å². The van der Waals surface area contributed by atoms with Gasteiger partial charge in [0.15, 0.2) is 6.61 Å². The van der Waals surface area contributed by atoms with Crippen molar-refractivity contribution < 1.29 is 33.0 Å². The molecule has 5 rings (SSSR count). The number of rotatable bonds is 9. The van der Waals surface area contributed by atoms with Crippen molar-refractivity contribution >= 4 is 41.0 Å². The molecule has 0 saturated carbocycles. The van der Waals surface area contributed by atoms with Crippen molar-refractivity contribution in [3.05, 3.63) is 107 Å². The zero-order valence-corrected chi connectivity index (χ0v) is 23.5. The van der Waals surface area contributed by atoms with E-state index in [1.807, 2.05) is 0 Å².